The fourth-order valence-corrected chi connectivity index (χ4v) is 4.95. The summed E-state index contributed by atoms with van der Waals surface area (Å²) in [6, 6.07) is 23.7. The first-order valence-corrected chi connectivity index (χ1v) is 11.7. The van der Waals surface area contributed by atoms with E-state index in [0.717, 1.165) is 33.6 Å². The molecular weight excluding hydrogens is 434 g/mol. The van der Waals surface area contributed by atoms with E-state index in [2.05, 4.69) is 4.90 Å². The molecule has 1 amide bonds. The molecule has 168 valence electrons. The van der Waals surface area contributed by atoms with Crippen LogP contribution in [-0.2, 0) is 4.79 Å². The Labute approximate surface area is 197 Å². The highest BCUT2D eigenvalue weighted by molar-refractivity contribution is 7.22. The number of benzene rings is 3. The number of aromatic nitrogens is 1. The number of rotatable bonds is 7. The van der Waals surface area contributed by atoms with Gasteiger partial charge in [-0.15, -0.1) is 0 Å². The summed E-state index contributed by atoms with van der Waals surface area (Å²) < 4.78 is 12.0. The first-order chi connectivity index (χ1) is 16.1. The summed E-state index contributed by atoms with van der Waals surface area (Å²) in [6.45, 7) is 1.48. The molecule has 0 saturated carbocycles. The molecule has 0 saturated heterocycles. The number of ether oxygens (including phenoxy) is 2. The molecule has 33 heavy (non-hydrogen) atoms. The van der Waals surface area contributed by atoms with Gasteiger partial charge in [0.25, 0.3) is 0 Å². The number of hydrogen-bond donors (Lipinski definition) is 0. The summed E-state index contributed by atoms with van der Waals surface area (Å²) >= 11 is 1.50. The van der Waals surface area contributed by atoms with Gasteiger partial charge < -0.3 is 14.4 Å². The van der Waals surface area contributed by atoms with Gasteiger partial charge in [0.1, 0.15) is 0 Å². The topological polar surface area (TPSA) is 54.9 Å². The highest BCUT2D eigenvalue weighted by Gasteiger charge is 2.30. The Kier molecular flexibility index (Phi) is 5.98. The molecule has 0 atom stereocenters. The zero-order chi connectivity index (χ0) is 22.8. The molecule has 1 aliphatic rings. The van der Waals surface area contributed by atoms with Gasteiger partial charge >= 0.3 is 0 Å². The van der Waals surface area contributed by atoms with Crippen molar-refractivity contribution >= 4 is 32.6 Å². The number of hydrogen-bond acceptors (Lipinski definition) is 6. The minimum absolute atomic E-state index is 0.00773. The van der Waals surface area contributed by atoms with Crippen LogP contribution < -0.4 is 14.4 Å². The van der Waals surface area contributed by atoms with Gasteiger partial charge in [-0.3, -0.25) is 9.69 Å². The van der Waals surface area contributed by atoms with Gasteiger partial charge in [-0.25, -0.2) is 4.98 Å². The van der Waals surface area contributed by atoms with E-state index in [9.17, 15) is 4.79 Å². The lowest BCUT2D eigenvalue weighted by Crippen LogP contribution is -2.40. The zero-order valence-corrected chi connectivity index (χ0v) is 19.4. The summed E-state index contributed by atoms with van der Waals surface area (Å²) in [7, 11) is 4.01. The average molecular weight is 460 g/mol. The molecule has 0 aliphatic carbocycles. The van der Waals surface area contributed by atoms with Crippen molar-refractivity contribution in [2.75, 3.05) is 38.9 Å². The lowest BCUT2D eigenvalue weighted by atomic mass is 9.90. The quantitative estimate of drug-likeness (QED) is 0.399. The summed E-state index contributed by atoms with van der Waals surface area (Å²) in [5, 5.41) is 0.678. The van der Waals surface area contributed by atoms with Gasteiger partial charge in [-0.05, 0) is 25.2 Å². The minimum atomic E-state index is -0.418. The second-order valence-electron chi connectivity index (χ2n) is 8.22. The Bertz CT molecular complexity index is 1180. The summed E-state index contributed by atoms with van der Waals surface area (Å²) in [5.41, 5.74) is 2.73. The van der Waals surface area contributed by atoms with Gasteiger partial charge in [0.15, 0.2) is 16.6 Å². The number of amides is 1. The highest BCUT2D eigenvalue weighted by Crippen LogP contribution is 2.40. The fourth-order valence-electron chi connectivity index (χ4n) is 3.95. The van der Waals surface area contributed by atoms with Crippen molar-refractivity contribution in [3.05, 3.63) is 83.9 Å². The second-order valence-corrected chi connectivity index (χ2v) is 9.23. The van der Waals surface area contributed by atoms with Crippen LogP contribution in [0.25, 0.3) is 10.2 Å². The predicted octanol–water partition coefficient (Wildman–Crippen LogP) is 4.75. The standard InChI is InChI=1S/C26H25N3O3S/c1-28(2)13-14-29(26-27-20-15-21-22(32-17-31-21)16-23(20)33-26)25(30)24(18-9-5-3-6-10-18)19-11-7-4-8-12-19/h3-12,15-16,24H,13-14,17H2,1-2H3. The van der Waals surface area contributed by atoms with Crippen LogP contribution in [0, 0.1) is 0 Å². The number of carbonyl (C=O) groups is 1. The van der Waals surface area contributed by atoms with E-state index in [4.69, 9.17) is 14.5 Å². The van der Waals surface area contributed by atoms with Crippen LogP contribution >= 0.6 is 11.3 Å². The summed E-state index contributed by atoms with van der Waals surface area (Å²) in [6.07, 6.45) is 0. The molecule has 0 radical (unpaired) electrons. The number of fused-ring (bicyclic) bond motifs is 2. The van der Waals surface area contributed by atoms with E-state index in [-0.39, 0.29) is 12.7 Å². The Balaban J connectivity index is 1.57. The smallest absolute Gasteiger partial charge is 0.240 e. The maximum Gasteiger partial charge on any atom is 0.240 e. The number of anilines is 1. The van der Waals surface area contributed by atoms with Gasteiger partial charge in [-0.2, -0.15) is 0 Å². The molecule has 1 aliphatic heterocycles. The Morgan fingerprint density at radius 3 is 2.15 bits per heavy atom. The third kappa shape index (κ3) is 4.42. The molecule has 2 heterocycles. The van der Waals surface area contributed by atoms with Crippen LogP contribution in [0.5, 0.6) is 11.5 Å². The zero-order valence-electron chi connectivity index (χ0n) is 18.6. The Morgan fingerprint density at radius 2 is 1.55 bits per heavy atom. The third-order valence-electron chi connectivity index (χ3n) is 5.65. The molecule has 0 N–H and O–H groups in total. The molecule has 0 fully saturated rings. The monoisotopic (exact) mass is 459 g/mol. The van der Waals surface area contributed by atoms with Crippen LogP contribution in [0.1, 0.15) is 17.0 Å². The lowest BCUT2D eigenvalue weighted by molar-refractivity contribution is -0.119. The predicted molar refractivity (Wildman–Crippen MR) is 131 cm³/mol. The minimum Gasteiger partial charge on any atom is -0.454 e. The molecule has 6 nitrogen and oxygen atoms in total. The summed E-state index contributed by atoms with van der Waals surface area (Å²) in [4.78, 5) is 22.9. The highest BCUT2D eigenvalue weighted by atomic mass is 32.1. The van der Waals surface area contributed by atoms with Crippen molar-refractivity contribution in [3.63, 3.8) is 0 Å². The van der Waals surface area contributed by atoms with Gasteiger partial charge in [0.05, 0.1) is 16.1 Å². The average Bonchev–Trinajstić information content (AvgIpc) is 3.45. The number of nitrogens with zero attached hydrogens (tertiary/aromatic N) is 3. The second kappa shape index (κ2) is 9.21. The molecule has 0 bridgehead atoms. The largest absolute Gasteiger partial charge is 0.454 e. The van der Waals surface area contributed by atoms with Crippen molar-refractivity contribution in [2.24, 2.45) is 0 Å². The van der Waals surface area contributed by atoms with Gasteiger partial charge in [0, 0.05) is 25.2 Å². The number of thiazole rings is 1. The van der Waals surface area contributed by atoms with E-state index in [1.54, 1.807) is 0 Å². The molecule has 3 aromatic carbocycles. The number of carbonyl (C=O) groups excluding carboxylic acids is 1. The van der Waals surface area contributed by atoms with Crippen molar-refractivity contribution in [1.29, 1.82) is 0 Å². The van der Waals surface area contributed by atoms with Crippen LogP contribution in [-0.4, -0.2) is 49.8 Å². The number of likely N-dealkylation sites (N-methyl/N-ethyl adjacent to an activating group) is 1. The van der Waals surface area contributed by atoms with Gasteiger partial charge in [0.2, 0.25) is 12.7 Å². The van der Waals surface area contributed by atoms with Crippen molar-refractivity contribution in [2.45, 2.75) is 5.92 Å². The van der Waals surface area contributed by atoms with Crippen molar-refractivity contribution < 1.29 is 14.3 Å². The van der Waals surface area contributed by atoms with E-state index in [1.165, 1.54) is 11.3 Å². The lowest BCUT2D eigenvalue weighted by Gasteiger charge is -2.27. The van der Waals surface area contributed by atoms with Crippen molar-refractivity contribution in [1.82, 2.24) is 9.88 Å². The van der Waals surface area contributed by atoms with Gasteiger partial charge in [-0.1, -0.05) is 72.0 Å². The molecule has 1 aromatic heterocycles. The molecule has 5 rings (SSSR count). The molecule has 4 aromatic rings. The Hall–Kier alpha value is -3.42. The maximum absolute atomic E-state index is 14.2. The van der Waals surface area contributed by atoms with Crippen LogP contribution in [0.4, 0.5) is 5.13 Å². The van der Waals surface area contributed by atoms with E-state index >= 15 is 0 Å². The van der Waals surface area contributed by atoms with E-state index < -0.39 is 5.92 Å². The van der Waals surface area contributed by atoms with E-state index in [0.29, 0.717) is 17.4 Å². The molecular formula is C26H25N3O3S. The first kappa shape index (κ1) is 21.4. The van der Waals surface area contributed by atoms with Crippen LogP contribution in [0.15, 0.2) is 72.8 Å². The SMILES string of the molecule is CN(C)CCN(C(=O)C(c1ccccc1)c1ccccc1)c1nc2cc3c(cc2s1)OCO3. The molecule has 0 spiro atoms. The third-order valence-corrected chi connectivity index (χ3v) is 6.69. The maximum atomic E-state index is 14.2. The van der Waals surface area contributed by atoms with E-state index in [1.807, 2.05) is 91.8 Å². The molecule has 7 heteroatoms. The van der Waals surface area contributed by atoms with Crippen LogP contribution in [0.3, 0.4) is 0 Å². The molecule has 0 unspecified atom stereocenters. The summed E-state index contributed by atoms with van der Waals surface area (Å²) in [5.74, 6) is 0.999. The first-order valence-electron chi connectivity index (χ1n) is 10.9. The normalized spacial score (nSPS) is 12.6. The van der Waals surface area contributed by atoms with Crippen LogP contribution in [0.2, 0.25) is 0 Å². The van der Waals surface area contributed by atoms with Crippen molar-refractivity contribution in [3.8, 4) is 11.5 Å². The Morgan fingerprint density at radius 1 is 0.939 bits per heavy atom. The fraction of sp³-hybridized carbons (Fsp3) is 0.231.